The number of ether oxygens (including phenoxy) is 1. The number of benzene rings is 1. The molecule has 17 heavy (non-hydrogen) atoms. The summed E-state index contributed by atoms with van der Waals surface area (Å²) in [7, 11) is 0. The van der Waals surface area contributed by atoms with Crippen LogP contribution in [-0.4, -0.2) is 12.6 Å². The predicted molar refractivity (Wildman–Crippen MR) is 69.4 cm³/mol. The van der Waals surface area contributed by atoms with Gasteiger partial charge in [-0.2, -0.15) is 0 Å². The van der Waals surface area contributed by atoms with Gasteiger partial charge in [0.15, 0.2) is 0 Å². The highest BCUT2D eigenvalue weighted by atomic mass is 16.5. The fourth-order valence-electron chi connectivity index (χ4n) is 2.71. The highest BCUT2D eigenvalue weighted by Crippen LogP contribution is 2.47. The van der Waals surface area contributed by atoms with Crippen molar-refractivity contribution in [2.24, 2.45) is 5.73 Å². The summed E-state index contributed by atoms with van der Waals surface area (Å²) in [5.41, 5.74) is 8.88. The Morgan fingerprint density at radius 1 is 1.35 bits per heavy atom. The molecule has 3 rings (SSSR count). The fraction of sp³-hybridized carbons (Fsp3) is 0.600. The zero-order chi connectivity index (χ0) is 11.9. The Morgan fingerprint density at radius 3 is 2.65 bits per heavy atom. The van der Waals surface area contributed by atoms with E-state index in [2.05, 4.69) is 25.1 Å². The Bertz CT molecular complexity index is 413. The minimum Gasteiger partial charge on any atom is -0.490 e. The van der Waals surface area contributed by atoms with Gasteiger partial charge in [-0.05, 0) is 38.7 Å². The first-order valence-corrected chi connectivity index (χ1v) is 6.71. The van der Waals surface area contributed by atoms with E-state index in [0.29, 0.717) is 6.10 Å². The van der Waals surface area contributed by atoms with Gasteiger partial charge in [-0.25, -0.2) is 0 Å². The molecule has 0 radical (unpaired) electrons. The SMILES string of the molecule is Cc1ccc(OC2CC2)c(C2(CN)CCC2)c1. The van der Waals surface area contributed by atoms with Crippen LogP contribution in [0.1, 0.15) is 43.2 Å². The standard InChI is InChI=1S/C15H21NO/c1-11-3-6-14(17-12-4-5-12)13(9-11)15(10-16)7-2-8-15/h3,6,9,12H,2,4-5,7-8,10,16H2,1H3. The van der Waals surface area contributed by atoms with Crippen LogP contribution in [0.15, 0.2) is 18.2 Å². The van der Waals surface area contributed by atoms with Gasteiger partial charge in [-0.15, -0.1) is 0 Å². The molecular weight excluding hydrogens is 210 g/mol. The molecule has 2 N–H and O–H groups in total. The van der Waals surface area contributed by atoms with Crippen LogP contribution in [0.3, 0.4) is 0 Å². The lowest BCUT2D eigenvalue weighted by atomic mass is 9.64. The summed E-state index contributed by atoms with van der Waals surface area (Å²) in [6.45, 7) is 2.89. The molecule has 2 aliphatic carbocycles. The van der Waals surface area contributed by atoms with Crippen molar-refractivity contribution in [3.05, 3.63) is 29.3 Å². The van der Waals surface area contributed by atoms with Crippen molar-refractivity contribution in [3.63, 3.8) is 0 Å². The molecule has 2 saturated carbocycles. The van der Waals surface area contributed by atoms with E-state index in [-0.39, 0.29) is 5.41 Å². The Kier molecular flexibility index (Phi) is 2.62. The molecule has 0 aromatic heterocycles. The molecular formula is C15H21NO. The van der Waals surface area contributed by atoms with Crippen LogP contribution in [0, 0.1) is 6.92 Å². The maximum Gasteiger partial charge on any atom is 0.123 e. The molecule has 2 fully saturated rings. The highest BCUT2D eigenvalue weighted by molar-refractivity contribution is 5.44. The van der Waals surface area contributed by atoms with Gasteiger partial charge in [0.25, 0.3) is 0 Å². The first-order valence-electron chi connectivity index (χ1n) is 6.71. The fourth-order valence-corrected chi connectivity index (χ4v) is 2.71. The predicted octanol–water partition coefficient (Wildman–Crippen LogP) is 2.92. The number of hydrogen-bond donors (Lipinski definition) is 1. The zero-order valence-electron chi connectivity index (χ0n) is 10.5. The number of nitrogens with two attached hydrogens (primary N) is 1. The molecule has 0 atom stereocenters. The smallest absolute Gasteiger partial charge is 0.123 e. The third-order valence-corrected chi connectivity index (χ3v) is 4.23. The molecule has 2 heteroatoms. The lowest BCUT2D eigenvalue weighted by molar-refractivity contribution is 0.231. The van der Waals surface area contributed by atoms with E-state index in [0.717, 1.165) is 12.3 Å². The van der Waals surface area contributed by atoms with Gasteiger partial charge in [0.1, 0.15) is 5.75 Å². The summed E-state index contributed by atoms with van der Waals surface area (Å²) in [4.78, 5) is 0. The normalized spacial score (nSPS) is 22.0. The Hall–Kier alpha value is -1.02. The van der Waals surface area contributed by atoms with E-state index >= 15 is 0 Å². The molecule has 92 valence electrons. The first kappa shape index (κ1) is 11.1. The van der Waals surface area contributed by atoms with Crippen molar-refractivity contribution < 1.29 is 4.74 Å². The van der Waals surface area contributed by atoms with Crippen molar-refractivity contribution in [2.45, 2.75) is 50.5 Å². The minimum atomic E-state index is 0.205. The number of rotatable bonds is 4. The van der Waals surface area contributed by atoms with Crippen LogP contribution in [0.5, 0.6) is 5.75 Å². The Morgan fingerprint density at radius 2 is 2.12 bits per heavy atom. The van der Waals surface area contributed by atoms with Crippen molar-refractivity contribution >= 4 is 0 Å². The lowest BCUT2D eigenvalue weighted by Gasteiger charge is -2.42. The largest absolute Gasteiger partial charge is 0.490 e. The topological polar surface area (TPSA) is 35.2 Å². The van der Waals surface area contributed by atoms with Gasteiger partial charge in [0.05, 0.1) is 6.10 Å². The Balaban J connectivity index is 1.96. The van der Waals surface area contributed by atoms with Crippen molar-refractivity contribution in [3.8, 4) is 5.75 Å². The molecule has 1 aromatic rings. The van der Waals surface area contributed by atoms with Crippen LogP contribution in [-0.2, 0) is 5.41 Å². The maximum atomic E-state index is 6.04. The molecule has 0 bridgehead atoms. The number of aryl methyl sites for hydroxylation is 1. The van der Waals surface area contributed by atoms with E-state index in [4.69, 9.17) is 10.5 Å². The Labute approximate surface area is 103 Å². The average Bonchev–Trinajstić information content (AvgIpc) is 3.05. The molecule has 0 unspecified atom stereocenters. The quantitative estimate of drug-likeness (QED) is 0.864. The van der Waals surface area contributed by atoms with Crippen molar-refractivity contribution in [2.75, 3.05) is 6.54 Å². The minimum absolute atomic E-state index is 0.205. The third-order valence-electron chi connectivity index (χ3n) is 4.23. The molecule has 1 aromatic carbocycles. The van der Waals surface area contributed by atoms with Gasteiger partial charge >= 0.3 is 0 Å². The summed E-state index contributed by atoms with van der Waals surface area (Å²) in [6, 6.07) is 6.56. The average molecular weight is 231 g/mol. The van der Waals surface area contributed by atoms with Crippen LogP contribution in [0.2, 0.25) is 0 Å². The van der Waals surface area contributed by atoms with Crippen LogP contribution in [0.25, 0.3) is 0 Å². The van der Waals surface area contributed by atoms with E-state index in [1.807, 2.05) is 0 Å². The lowest BCUT2D eigenvalue weighted by Crippen LogP contribution is -2.41. The summed E-state index contributed by atoms with van der Waals surface area (Å²) in [5.74, 6) is 1.09. The van der Waals surface area contributed by atoms with Crippen LogP contribution in [0.4, 0.5) is 0 Å². The zero-order valence-corrected chi connectivity index (χ0v) is 10.5. The number of hydrogen-bond acceptors (Lipinski definition) is 2. The van der Waals surface area contributed by atoms with Gasteiger partial charge in [-0.1, -0.05) is 24.1 Å². The van der Waals surface area contributed by atoms with Gasteiger partial charge in [0.2, 0.25) is 0 Å². The van der Waals surface area contributed by atoms with E-state index in [1.165, 1.54) is 43.2 Å². The van der Waals surface area contributed by atoms with E-state index in [1.54, 1.807) is 0 Å². The summed E-state index contributed by atoms with van der Waals surface area (Å²) < 4.78 is 6.04. The van der Waals surface area contributed by atoms with Gasteiger partial charge < -0.3 is 10.5 Å². The second-order valence-electron chi connectivity index (χ2n) is 5.65. The molecule has 2 nitrogen and oxygen atoms in total. The summed E-state index contributed by atoms with van der Waals surface area (Å²) in [6.07, 6.45) is 6.62. The molecule has 0 aliphatic heterocycles. The highest BCUT2D eigenvalue weighted by Gasteiger charge is 2.40. The van der Waals surface area contributed by atoms with Gasteiger partial charge in [0, 0.05) is 17.5 Å². The summed E-state index contributed by atoms with van der Waals surface area (Å²) in [5, 5.41) is 0. The van der Waals surface area contributed by atoms with E-state index in [9.17, 15) is 0 Å². The van der Waals surface area contributed by atoms with Crippen molar-refractivity contribution in [1.82, 2.24) is 0 Å². The molecule has 2 aliphatic rings. The second kappa shape index (κ2) is 4.02. The monoisotopic (exact) mass is 231 g/mol. The first-order chi connectivity index (χ1) is 8.23. The van der Waals surface area contributed by atoms with Gasteiger partial charge in [-0.3, -0.25) is 0 Å². The third kappa shape index (κ3) is 1.95. The molecule has 0 saturated heterocycles. The van der Waals surface area contributed by atoms with Crippen LogP contribution < -0.4 is 10.5 Å². The second-order valence-corrected chi connectivity index (χ2v) is 5.65. The molecule has 0 amide bonds. The maximum absolute atomic E-state index is 6.04. The summed E-state index contributed by atoms with van der Waals surface area (Å²) >= 11 is 0. The van der Waals surface area contributed by atoms with E-state index < -0.39 is 0 Å². The van der Waals surface area contributed by atoms with Crippen LogP contribution >= 0.6 is 0 Å². The molecule has 0 spiro atoms. The molecule has 0 heterocycles. The van der Waals surface area contributed by atoms with Crippen molar-refractivity contribution in [1.29, 1.82) is 0 Å².